The molecule has 3 aromatic rings. The van der Waals surface area contributed by atoms with E-state index in [1.54, 1.807) is 0 Å². The SMILES string of the molecule is O=C(O)C(S)c1nc(-c2ccc(Br)cc2)c(-c2ccccc2)o1. The number of aromatic nitrogens is 1. The summed E-state index contributed by atoms with van der Waals surface area (Å²) in [5.41, 5.74) is 2.27. The second-order valence-electron chi connectivity index (χ2n) is 4.84. The predicted octanol–water partition coefficient (Wildman–Crippen LogP) is 4.83. The number of hydrogen-bond donors (Lipinski definition) is 2. The molecule has 0 bridgehead atoms. The van der Waals surface area contributed by atoms with E-state index in [1.807, 2.05) is 54.6 Å². The van der Waals surface area contributed by atoms with Gasteiger partial charge in [-0.05, 0) is 12.1 Å². The van der Waals surface area contributed by atoms with Gasteiger partial charge in [-0.25, -0.2) is 4.98 Å². The van der Waals surface area contributed by atoms with Crippen molar-refractivity contribution in [2.24, 2.45) is 0 Å². The van der Waals surface area contributed by atoms with Crippen molar-refractivity contribution >= 4 is 34.5 Å². The maximum Gasteiger partial charge on any atom is 0.325 e. The molecule has 0 aliphatic rings. The third kappa shape index (κ3) is 3.33. The fraction of sp³-hybridized carbons (Fsp3) is 0.0588. The van der Waals surface area contributed by atoms with Gasteiger partial charge in [0.1, 0.15) is 5.69 Å². The first-order valence-electron chi connectivity index (χ1n) is 6.79. The van der Waals surface area contributed by atoms with Crippen LogP contribution >= 0.6 is 28.6 Å². The lowest BCUT2D eigenvalue weighted by Crippen LogP contribution is -2.05. The van der Waals surface area contributed by atoms with Crippen LogP contribution in [0.25, 0.3) is 22.6 Å². The third-order valence-corrected chi connectivity index (χ3v) is 4.24. The first kappa shape index (κ1) is 15.8. The first-order valence-corrected chi connectivity index (χ1v) is 8.10. The summed E-state index contributed by atoms with van der Waals surface area (Å²) >= 11 is 7.45. The van der Waals surface area contributed by atoms with E-state index >= 15 is 0 Å². The Balaban J connectivity index is 2.16. The summed E-state index contributed by atoms with van der Waals surface area (Å²) in [6, 6.07) is 17.0. The van der Waals surface area contributed by atoms with Crippen LogP contribution in [-0.2, 0) is 4.79 Å². The van der Waals surface area contributed by atoms with Gasteiger partial charge in [-0.1, -0.05) is 58.4 Å². The molecular formula is C17H12BrNO3S. The lowest BCUT2D eigenvalue weighted by molar-refractivity contribution is -0.136. The number of hydrogen-bond acceptors (Lipinski definition) is 4. The van der Waals surface area contributed by atoms with E-state index < -0.39 is 11.2 Å². The van der Waals surface area contributed by atoms with E-state index in [2.05, 4.69) is 33.5 Å². The van der Waals surface area contributed by atoms with Gasteiger partial charge in [0.25, 0.3) is 0 Å². The standard InChI is InChI=1S/C17H12BrNO3S/c18-12-8-6-10(7-9-12)13-14(11-4-2-1-3-5-11)22-16(19-13)15(23)17(20)21/h1-9,15,23H,(H,20,21). The van der Waals surface area contributed by atoms with Crippen LogP contribution < -0.4 is 0 Å². The largest absolute Gasteiger partial charge is 0.480 e. The van der Waals surface area contributed by atoms with Crippen LogP contribution in [0.2, 0.25) is 0 Å². The average molecular weight is 390 g/mol. The van der Waals surface area contributed by atoms with Gasteiger partial charge in [0.05, 0.1) is 0 Å². The maximum absolute atomic E-state index is 11.2. The molecule has 1 atom stereocenters. The van der Waals surface area contributed by atoms with Gasteiger partial charge < -0.3 is 9.52 Å². The molecule has 0 radical (unpaired) electrons. The highest BCUT2D eigenvalue weighted by atomic mass is 79.9. The number of oxazole rings is 1. The zero-order valence-electron chi connectivity index (χ0n) is 11.8. The molecule has 2 aromatic carbocycles. The molecule has 0 saturated heterocycles. The number of nitrogens with zero attached hydrogens (tertiary/aromatic N) is 1. The summed E-state index contributed by atoms with van der Waals surface area (Å²) in [6.45, 7) is 0. The van der Waals surface area contributed by atoms with Crippen LogP contribution in [-0.4, -0.2) is 16.1 Å². The summed E-state index contributed by atoms with van der Waals surface area (Å²) < 4.78 is 6.68. The second-order valence-corrected chi connectivity index (χ2v) is 6.28. The molecule has 4 nitrogen and oxygen atoms in total. The molecule has 1 N–H and O–H groups in total. The summed E-state index contributed by atoms with van der Waals surface area (Å²) in [4.78, 5) is 15.5. The first-order chi connectivity index (χ1) is 11.1. The highest BCUT2D eigenvalue weighted by Gasteiger charge is 2.25. The quantitative estimate of drug-likeness (QED) is 0.627. The Kier molecular flexibility index (Phi) is 4.54. The van der Waals surface area contributed by atoms with Crippen LogP contribution in [0.1, 0.15) is 11.1 Å². The number of carboxylic acid groups (broad SMARTS) is 1. The number of benzene rings is 2. The minimum absolute atomic E-state index is 0.0672. The van der Waals surface area contributed by atoms with E-state index in [4.69, 9.17) is 9.52 Å². The van der Waals surface area contributed by atoms with Crippen LogP contribution in [0.4, 0.5) is 0 Å². The molecule has 6 heteroatoms. The minimum atomic E-state index is -1.11. The molecule has 0 saturated carbocycles. The van der Waals surface area contributed by atoms with Crippen molar-refractivity contribution in [1.82, 2.24) is 4.98 Å². The summed E-state index contributed by atoms with van der Waals surface area (Å²) in [7, 11) is 0. The molecular weight excluding hydrogens is 378 g/mol. The highest BCUT2D eigenvalue weighted by Crippen LogP contribution is 2.35. The zero-order chi connectivity index (χ0) is 16.4. The van der Waals surface area contributed by atoms with Crippen LogP contribution in [0.5, 0.6) is 0 Å². The number of halogens is 1. The lowest BCUT2D eigenvalue weighted by Gasteiger charge is -2.01. The van der Waals surface area contributed by atoms with Crippen LogP contribution in [0.3, 0.4) is 0 Å². The summed E-state index contributed by atoms with van der Waals surface area (Å²) in [5, 5.41) is 8.02. The number of carboxylic acids is 1. The van der Waals surface area contributed by atoms with Gasteiger partial charge in [0.2, 0.25) is 5.89 Å². The molecule has 116 valence electrons. The Labute approximate surface area is 146 Å². The summed E-state index contributed by atoms with van der Waals surface area (Å²) in [5.74, 6) is -0.502. The molecule has 0 aliphatic carbocycles. The minimum Gasteiger partial charge on any atom is -0.480 e. The molecule has 1 unspecified atom stereocenters. The van der Waals surface area contributed by atoms with Crippen molar-refractivity contribution in [1.29, 1.82) is 0 Å². The van der Waals surface area contributed by atoms with Crippen LogP contribution in [0.15, 0.2) is 63.5 Å². The normalized spacial score (nSPS) is 12.1. The van der Waals surface area contributed by atoms with Gasteiger partial charge in [0.15, 0.2) is 11.0 Å². The highest BCUT2D eigenvalue weighted by molar-refractivity contribution is 9.10. The van der Waals surface area contributed by atoms with E-state index in [0.717, 1.165) is 15.6 Å². The van der Waals surface area contributed by atoms with E-state index in [1.165, 1.54) is 0 Å². The van der Waals surface area contributed by atoms with E-state index in [-0.39, 0.29) is 5.89 Å². The van der Waals surface area contributed by atoms with Gasteiger partial charge in [-0.2, -0.15) is 12.6 Å². The van der Waals surface area contributed by atoms with Crippen molar-refractivity contribution in [2.75, 3.05) is 0 Å². The van der Waals surface area contributed by atoms with Crippen molar-refractivity contribution < 1.29 is 14.3 Å². The van der Waals surface area contributed by atoms with E-state index in [0.29, 0.717) is 11.5 Å². The fourth-order valence-corrected chi connectivity index (χ4v) is 2.52. The zero-order valence-corrected chi connectivity index (χ0v) is 14.3. The summed E-state index contributed by atoms with van der Waals surface area (Å²) in [6.07, 6.45) is 0. The second kappa shape index (κ2) is 6.60. The van der Waals surface area contributed by atoms with E-state index in [9.17, 15) is 4.79 Å². The van der Waals surface area contributed by atoms with Gasteiger partial charge >= 0.3 is 5.97 Å². The fourth-order valence-electron chi connectivity index (χ4n) is 2.15. The Morgan fingerprint density at radius 2 is 1.74 bits per heavy atom. The Hall–Kier alpha value is -2.05. The van der Waals surface area contributed by atoms with Gasteiger partial charge in [-0.3, -0.25) is 4.79 Å². The smallest absolute Gasteiger partial charge is 0.325 e. The Bertz CT molecular complexity index is 831. The van der Waals surface area contributed by atoms with Crippen LogP contribution in [0, 0.1) is 0 Å². The van der Waals surface area contributed by atoms with Crippen molar-refractivity contribution in [2.45, 2.75) is 5.25 Å². The molecule has 0 aliphatic heterocycles. The number of carbonyl (C=O) groups is 1. The van der Waals surface area contributed by atoms with Crippen molar-refractivity contribution in [3.8, 4) is 22.6 Å². The molecule has 1 heterocycles. The number of aliphatic carboxylic acids is 1. The molecule has 0 fully saturated rings. The number of thiol groups is 1. The molecule has 0 spiro atoms. The monoisotopic (exact) mass is 389 g/mol. The third-order valence-electron chi connectivity index (χ3n) is 3.27. The lowest BCUT2D eigenvalue weighted by atomic mass is 10.1. The maximum atomic E-state index is 11.2. The Morgan fingerprint density at radius 3 is 2.35 bits per heavy atom. The topological polar surface area (TPSA) is 63.3 Å². The molecule has 0 amide bonds. The average Bonchev–Trinajstić information content (AvgIpc) is 3.00. The van der Waals surface area contributed by atoms with Crippen molar-refractivity contribution in [3.63, 3.8) is 0 Å². The Morgan fingerprint density at radius 1 is 1.09 bits per heavy atom. The van der Waals surface area contributed by atoms with Crippen molar-refractivity contribution in [3.05, 3.63) is 65.0 Å². The van der Waals surface area contributed by atoms with Gasteiger partial charge in [0, 0.05) is 15.6 Å². The molecule has 1 aromatic heterocycles. The molecule has 3 rings (SSSR count). The molecule has 23 heavy (non-hydrogen) atoms. The predicted molar refractivity (Wildman–Crippen MR) is 94.4 cm³/mol. The number of rotatable bonds is 4. The van der Waals surface area contributed by atoms with Gasteiger partial charge in [-0.15, -0.1) is 0 Å².